The topological polar surface area (TPSA) is 82.7 Å². The van der Waals surface area contributed by atoms with Gasteiger partial charge in [-0.3, -0.25) is 0 Å². The average molecular weight is 271 g/mol. The van der Waals surface area contributed by atoms with Crippen LogP contribution < -0.4 is 5.32 Å². The van der Waals surface area contributed by atoms with Gasteiger partial charge in [0.15, 0.2) is 5.65 Å². The Kier molecular flexibility index (Phi) is 4.13. The van der Waals surface area contributed by atoms with E-state index < -0.39 is 12.2 Å². The third kappa shape index (κ3) is 2.62. The Balaban J connectivity index is 2.27. The van der Waals surface area contributed by atoms with E-state index in [-0.39, 0.29) is 0 Å². The molecule has 2 aromatic heterocycles. The maximum absolute atomic E-state index is 10.1. The molecule has 0 aliphatic carbocycles. The van der Waals surface area contributed by atoms with Crippen LogP contribution >= 0.6 is 11.6 Å². The molecule has 3 N–H and O–H groups in total. The van der Waals surface area contributed by atoms with Gasteiger partial charge in [-0.05, 0) is 26.1 Å². The Labute approximate surface area is 109 Å². The Bertz CT molecular complexity index is 531. The molecule has 18 heavy (non-hydrogen) atoms. The Hall–Kier alpha value is -1.21. The fourth-order valence-corrected chi connectivity index (χ4v) is 1.87. The number of aliphatic hydroxyl groups is 2. The smallest absolute Gasteiger partial charge is 0.162 e. The molecule has 2 atom stereocenters. The lowest BCUT2D eigenvalue weighted by atomic mass is 10.1. The van der Waals surface area contributed by atoms with Gasteiger partial charge in [0.25, 0.3) is 0 Å². The van der Waals surface area contributed by atoms with Crippen LogP contribution in [0.1, 0.15) is 18.1 Å². The molecule has 6 nitrogen and oxygen atoms in total. The van der Waals surface area contributed by atoms with E-state index in [0.29, 0.717) is 29.3 Å². The molecule has 2 heterocycles. The normalized spacial score (nSPS) is 14.9. The standard InChI is InChI=1S/C11H15ClN4O2/c1-13-4-2-8(17)10(18)7-6-14-16-5-3-9(12)15-11(7)16/h3,5-6,8,10,13,17-18H,2,4H2,1H3. The van der Waals surface area contributed by atoms with Gasteiger partial charge in [0.2, 0.25) is 0 Å². The van der Waals surface area contributed by atoms with Crippen molar-refractivity contribution in [3.8, 4) is 0 Å². The number of aromatic nitrogens is 3. The molecule has 0 radical (unpaired) electrons. The summed E-state index contributed by atoms with van der Waals surface area (Å²) in [5.41, 5.74) is 0.930. The number of aliphatic hydroxyl groups excluding tert-OH is 2. The quantitative estimate of drug-likeness (QED) is 0.685. The molecule has 0 fully saturated rings. The van der Waals surface area contributed by atoms with E-state index in [2.05, 4.69) is 15.4 Å². The first-order valence-electron chi connectivity index (χ1n) is 5.64. The van der Waals surface area contributed by atoms with Crippen molar-refractivity contribution in [1.82, 2.24) is 19.9 Å². The summed E-state index contributed by atoms with van der Waals surface area (Å²) in [5.74, 6) is 0. The van der Waals surface area contributed by atoms with Crippen molar-refractivity contribution in [2.24, 2.45) is 0 Å². The van der Waals surface area contributed by atoms with Gasteiger partial charge in [0.05, 0.1) is 12.3 Å². The second-order valence-corrected chi connectivity index (χ2v) is 4.41. The lowest BCUT2D eigenvalue weighted by Gasteiger charge is -2.16. The fourth-order valence-electron chi connectivity index (χ4n) is 1.73. The molecule has 0 aromatic carbocycles. The van der Waals surface area contributed by atoms with E-state index in [9.17, 15) is 10.2 Å². The van der Waals surface area contributed by atoms with Crippen LogP contribution in [-0.4, -0.2) is 44.5 Å². The molecule has 0 spiro atoms. The molecular formula is C11H15ClN4O2. The molecule has 0 aliphatic heterocycles. The van der Waals surface area contributed by atoms with Crippen LogP contribution in [0, 0.1) is 0 Å². The first kappa shape index (κ1) is 13.2. The molecule has 7 heteroatoms. The third-order valence-corrected chi connectivity index (χ3v) is 2.95. The number of nitrogens with one attached hydrogen (secondary N) is 1. The summed E-state index contributed by atoms with van der Waals surface area (Å²) in [6.07, 6.45) is 1.69. The van der Waals surface area contributed by atoms with E-state index >= 15 is 0 Å². The second-order valence-electron chi connectivity index (χ2n) is 4.02. The van der Waals surface area contributed by atoms with E-state index in [1.54, 1.807) is 19.3 Å². The predicted octanol–water partition coefficient (Wildman–Crippen LogP) is 0.386. The summed E-state index contributed by atoms with van der Waals surface area (Å²) >= 11 is 5.81. The number of nitrogens with zero attached hydrogens (tertiary/aromatic N) is 3. The molecule has 98 valence electrons. The van der Waals surface area contributed by atoms with Gasteiger partial charge >= 0.3 is 0 Å². The highest BCUT2D eigenvalue weighted by atomic mass is 35.5. The monoisotopic (exact) mass is 270 g/mol. The summed E-state index contributed by atoms with van der Waals surface area (Å²) in [4.78, 5) is 4.10. The van der Waals surface area contributed by atoms with Gasteiger partial charge in [-0.1, -0.05) is 11.6 Å². The van der Waals surface area contributed by atoms with Crippen LogP contribution in [0.3, 0.4) is 0 Å². The van der Waals surface area contributed by atoms with Gasteiger partial charge in [0.1, 0.15) is 11.3 Å². The second kappa shape index (κ2) is 5.62. The van der Waals surface area contributed by atoms with Crippen molar-refractivity contribution in [1.29, 1.82) is 0 Å². The lowest BCUT2D eigenvalue weighted by Crippen LogP contribution is -2.23. The number of hydrogen-bond donors (Lipinski definition) is 3. The molecular weight excluding hydrogens is 256 g/mol. The SMILES string of the molecule is CNCCC(O)C(O)c1cnn2ccc(Cl)nc12. The zero-order valence-electron chi connectivity index (χ0n) is 9.91. The zero-order chi connectivity index (χ0) is 13.1. The first-order chi connectivity index (χ1) is 8.63. The van der Waals surface area contributed by atoms with Gasteiger partial charge < -0.3 is 15.5 Å². The summed E-state index contributed by atoms with van der Waals surface area (Å²) in [5, 5.41) is 27.2. The third-order valence-electron chi connectivity index (χ3n) is 2.74. The minimum absolute atomic E-state index is 0.321. The summed E-state index contributed by atoms with van der Waals surface area (Å²) in [6.45, 7) is 0.617. The average Bonchev–Trinajstić information content (AvgIpc) is 2.77. The number of fused-ring (bicyclic) bond motifs is 1. The molecule has 0 aliphatic rings. The predicted molar refractivity (Wildman–Crippen MR) is 67.5 cm³/mol. The van der Waals surface area contributed by atoms with Gasteiger partial charge in [-0.15, -0.1) is 0 Å². The van der Waals surface area contributed by atoms with E-state index in [1.807, 2.05) is 0 Å². The molecule has 0 saturated heterocycles. The van der Waals surface area contributed by atoms with Crippen LogP contribution in [0.2, 0.25) is 5.15 Å². The maximum Gasteiger partial charge on any atom is 0.162 e. The first-order valence-corrected chi connectivity index (χ1v) is 6.02. The molecule has 2 rings (SSSR count). The molecule has 2 aromatic rings. The van der Waals surface area contributed by atoms with Crippen molar-refractivity contribution >= 4 is 17.2 Å². The fraction of sp³-hybridized carbons (Fsp3) is 0.455. The highest BCUT2D eigenvalue weighted by Crippen LogP contribution is 2.23. The number of halogens is 1. The Morgan fingerprint density at radius 2 is 2.28 bits per heavy atom. The number of hydrogen-bond acceptors (Lipinski definition) is 5. The summed E-state index contributed by atoms with van der Waals surface area (Å²) in [6, 6.07) is 1.61. The van der Waals surface area contributed by atoms with Crippen molar-refractivity contribution in [2.45, 2.75) is 18.6 Å². The van der Waals surface area contributed by atoms with Gasteiger partial charge in [-0.2, -0.15) is 5.10 Å². The van der Waals surface area contributed by atoms with Crippen molar-refractivity contribution in [3.05, 3.63) is 29.2 Å². The Morgan fingerprint density at radius 1 is 1.50 bits per heavy atom. The Morgan fingerprint density at radius 3 is 3.00 bits per heavy atom. The van der Waals surface area contributed by atoms with Crippen LogP contribution in [-0.2, 0) is 0 Å². The summed E-state index contributed by atoms with van der Waals surface area (Å²) in [7, 11) is 1.79. The van der Waals surface area contributed by atoms with Crippen LogP contribution in [0.4, 0.5) is 0 Å². The lowest BCUT2D eigenvalue weighted by molar-refractivity contribution is 0.0147. The highest BCUT2D eigenvalue weighted by Gasteiger charge is 2.22. The van der Waals surface area contributed by atoms with Crippen LogP contribution in [0.25, 0.3) is 5.65 Å². The van der Waals surface area contributed by atoms with Gasteiger partial charge in [-0.25, -0.2) is 9.50 Å². The molecule has 0 saturated carbocycles. The van der Waals surface area contributed by atoms with Crippen LogP contribution in [0.5, 0.6) is 0 Å². The van der Waals surface area contributed by atoms with E-state index in [4.69, 9.17) is 11.6 Å². The van der Waals surface area contributed by atoms with Crippen LogP contribution in [0.15, 0.2) is 18.5 Å². The largest absolute Gasteiger partial charge is 0.390 e. The minimum atomic E-state index is -1.03. The highest BCUT2D eigenvalue weighted by molar-refractivity contribution is 6.29. The van der Waals surface area contributed by atoms with Gasteiger partial charge in [0, 0.05) is 11.8 Å². The van der Waals surface area contributed by atoms with Crippen molar-refractivity contribution in [3.63, 3.8) is 0 Å². The molecule has 2 unspecified atom stereocenters. The zero-order valence-corrected chi connectivity index (χ0v) is 10.7. The number of rotatable bonds is 5. The molecule has 0 bridgehead atoms. The molecule has 0 amide bonds. The maximum atomic E-state index is 10.1. The van der Waals surface area contributed by atoms with Crippen molar-refractivity contribution < 1.29 is 10.2 Å². The minimum Gasteiger partial charge on any atom is -0.390 e. The van der Waals surface area contributed by atoms with Crippen molar-refractivity contribution in [2.75, 3.05) is 13.6 Å². The summed E-state index contributed by atoms with van der Waals surface area (Å²) < 4.78 is 1.51. The van der Waals surface area contributed by atoms with E-state index in [0.717, 1.165) is 0 Å². The van der Waals surface area contributed by atoms with E-state index in [1.165, 1.54) is 10.7 Å².